The van der Waals surface area contributed by atoms with Crippen LogP contribution in [-0.2, 0) is 0 Å². The van der Waals surface area contributed by atoms with Crippen LogP contribution in [0.2, 0.25) is 0 Å². The van der Waals surface area contributed by atoms with Crippen LogP contribution in [0.4, 0.5) is 0 Å². The summed E-state index contributed by atoms with van der Waals surface area (Å²) in [6, 6.07) is 16.2. The molecule has 0 radical (unpaired) electrons. The number of hydrogen-bond acceptors (Lipinski definition) is 1. The van der Waals surface area contributed by atoms with Crippen LogP contribution in [0.15, 0.2) is 48.5 Å². The van der Waals surface area contributed by atoms with Crippen molar-refractivity contribution < 1.29 is 5.11 Å². The van der Waals surface area contributed by atoms with Gasteiger partial charge >= 0.3 is 0 Å². The normalized spacial score (nSPS) is 16.0. The first-order valence-corrected chi connectivity index (χ1v) is 6.73. The lowest BCUT2D eigenvalue weighted by Gasteiger charge is -2.15. The average Bonchev–Trinajstić information content (AvgIpc) is 2.93. The number of hydrogen-bond donors (Lipinski definition) is 1. The minimum atomic E-state index is 0.331. The third-order valence-corrected chi connectivity index (χ3v) is 3.93. The van der Waals surface area contributed by atoms with Crippen LogP contribution in [0.3, 0.4) is 0 Å². The first-order chi connectivity index (χ1) is 8.84. The van der Waals surface area contributed by atoms with Crippen LogP contribution in [0, 0.1) is 0 Å². The molecule has 2 aromatic rings. The molecule has 1 heteroatoms. The Kier molecular flexibility index (Phi) is 3.06. The monoisotopic (exact) mass is 238 g/mol. The van der Waals surface area contributed by atoms with E-state index in [1.807, 2.05) is 12.1 Å². The first kappa shape index (κ1) is 11.3. The van der Waals surface area contributed by atoms with Gasteiger partial charge < -0.3 is 5.11 Å². The standard InChI is InChI=1S/C17H18O/c18-15-11-9-14(10-12-15)17-8-4-3-7-16(17)13-5-1-2-6-13/h3-4,7-13,18H,1-2,5-6H2. The topological polar surface area (TPSA) is 20.2 Å². The Labute approximate surface area is 108 Å². The zero-order valence-electron chi connectivity index (χ0n) is 10.5. The van der Waals surface area contributed by atoms with E-state index in [4.69, 9.17) is 0 Å². The largest absolute Gasteiger partial charge is 0.508 e. The Hall–Kier alpha value is -1.76. The second-order valence-electron chi connectivity index (χ2n) is 5.12. The number of phenols is 1. The first-order valence-electron chi connectivity index (χ1n) is 6.73. The van der Waals surface area contributed by atoms with E-state index in [0.29, 0.717) is 5.75 Å². The summed E-state index contributed by atoms with van der Waals surface area (Å²) >= 11 is 0. The van der Waals surface area contributed by atoms with Gasteiger partial charge in [-0.1, -0.05) is 49.2 Å². The molecule has 18 heavy (non-hydrogen) atoms. The molecule has 3 rings (SSSR count). The van der Waals surface area contributed by atoms with E-state index in [1.54, 1.807) is 12.1 Å². The van der Waals surface area contributed by atoms with Gasteiger partial charge in [0, 0.05) is 0 Å². The van der Waals surface area contributed by atoms with Crippen molar-refractivity contribution in [3.05, 3.63) is 54.1 Å². The molecule has 0 aliphatic heterocycles. The molecule has 1 N–H and O–H groups in total. The second-order valence-corrected chi connectivity index (χ2v) is 5.12. The molecule has 0 atom stereocenters. The maximum absolute atomic E-state index is 9.38. The van der Waals surface area contributed by atoms with Crippen molar-refractivity contribution in [2.75, 3.05) is 0 Å². The molecule has 1 nitrogen and oxygen atoms in total. The van der Waals surface area contributed by atoms with E-state index >= 15 is 0 Å². The second kappa shape index (κ2) is 4.85. The van der Waals surface area contributed by atoms with Crippen molar-refractivity contribution in [3.63, 3.8) is 0 Å². The van der Waals surface area contributed by atoms with Gasteiger partial charge in [-0.25, -0.2) is 0 Å². The molecular formula is C17H18O. The highest BCUT2D eigenvalue weighted by molar-refractivity contribution is 5.68. The van der Waals surface area contributed by atoms with E-state index < -0.39 is 0 Å². The van der Waals surface area contributed by atoms with Gasteiger partial charge in [0.1, 0.15) is 5.75 Å². The lowest BCUT2D eigenvalue weighted by Crippen LogP contribution is -1.95. The van der Waals surface area contributed by atoms with Crippen LogP contribution >= 0.6 is 0 Å². The predicted molar refractivity (Wildman–Crippen MR) is 74.8 cm³/mol. The van der Waals surface area contributed by atoms with Crippen LogP contribution < -0.4 is 0 Å². The Morgan fingerprint density at radius 1 is 0.833 bits per heavy atom. The van der Waals surface area contributed by atoms with Crippen molar-refractivity contribution in [2.24, 2.45) is 0 Å². The van der Waals surface area contributed by atoms with E-state index in [0.717, 1.165) is 5.92 Å². The summed E-state index contributed by atoms with van der Waals surface area (Å²) in [5.74, 6) is 1.05. The summed E-state index contributed by atoms with van der Waals surface area (Å²) in [6.45, 7) is 0. The molecule has 2 aromatic carbocycles. The highest BCUT2D eigenvalue weighted by atomic mass is 16.3. The maximum atomic E-state index is 9.38. The molecule has 1 aliphatic carbocycles. The number of benzene rings is 2. The maximum Gasteiger partial charge on any atom is 0.115 e. The summed E-state index contributed by atoms with van der Waals surface area (Å²) in [7, 11) is 0. The Balaban J connectivity index is 2.03. The molecule has 92 valence electrons. The third kappa shape index (κ3) is 2.13. The van der Waals surface area contributed by atoms with Crippen molar-refractivity contribution in [3.8, 4) is 16.9 Å². The van der Waals surface area contributed by atoms with Gasteiger partial charge in [-0.3, -0.25) is 0 Å². The minimum Gasteiger partial charge on any atom is -0.508 e. The fourth-order valence-electron chi connectivity index (χ4n) is 2.99. The zero-order valence-corrected chi connectivity index (χ0v) is 10.5. The lowest BCUT2D eigenvalue weighted by atomic mass is 9.89. The predicted octanol–water partition coefficient (Wildman–Crippen LogP) is 4.72. The fourth-order valence-corrected chi connectivity index (χ4v) is 2.99. The van der Waals surface area contributed by atoms with E-state index in [9.17, 15) is 5.11 Å². The van der Waals surface area contributed by atoms with E-state index in [-0.39, 0.29) is 0 Å². The van der Waals surface area contributed by atoms with E-state index in [1.165, 1.54) is 42.4 Å². The molecule has 1 saturated carbocycles. The third-order valence-electron chi connectivity index (χ3n) is 3.93. The Morgan fingerprint density at radius 2 is 1.50 bits per heavy atom. The number of aromatic hydroxyl groups is 1. The molecule has 1 aliphatic rings. The van der Waals surface area contributed by atoms with Crippen molar-refractivity contribution >= 4 is 0 Å². The SMILES string of the molecule is Oc1ccc(-c2ccccc2C2CCCC2)cc1. The fraction of sp³-hybridized carbons (Fsp3) is 0.294. The van der Waals surface area contributed by atoms with Crippen molar-refractivity contribution in [1.82, 2.24) is 0 Å². The molecule has 0 aromatic heterocycles. The molecule has 1 fully saturated rings. The average molecular weight is 238 g/mol. The Morgan fingerprint density at radius 3 is 2.22 bits per heavy atom. The van der Waals surface area contributed by atoms with Gasteiger partial charge in [0.15, 0.2) is 0 Å². The molecule has 0 amide bonds. The van der Waals surface area contributed by atoms with Crippen molar-refractivity contribution in [2.45, 2.75) is 31.6 Å². The molecule has 0 heterocycles. The molecule has 0 unspecified atom stereocenters. The quantitative estimate of drug-likeness (QED) is 0.802. The number of rotatable bonds is 2. The van der Waals surface area contributed by atoms with Crippen LogP contribution in [0.25, 0.3) is 11.1 Å². The molecule has 0 bridgehead atoms. The summed E-state index contributed by atoms with van der Waals surface area (Å²) < 4.78 is 0. The van der Waals surface area contributed by atoms with Gasteiger partial charge in [-0.15, -0.1) is 0 Å². The van der Waals surface area contributed by atoms with Crippen LogP contribution in [0.1, 0.15) is 37.2 Å². The van der Waals surface area contributed by atoms with Crippen molar-refractivity contribution in [1.29, 1.82) is 0 Å². The van der Waals surface area contributed by atoms with Gasteiger partial charge in [0.25, 0.3) is 0 Å². The number of phenolic OH excluding ortho intramolecular Hbond substituents is 1. The minimum absolute atomic E-state index is 0.331. The van der Waals surface area contributed by atoms with Crippen LogP contribution in [-0.4, -0.2) is 5.11 Å². The summed E-state index contributed by atoms with van der Waals surface area (Å²) in [6.07, 6.45) is 5.34. The lowest BCUT2D eigenvalue weighted by molar-refractivity contribution is 0.475. The Bertz CT molecular complexity index is 522. The van der Waals surface area contributed by atoms with Gasteiger partial charge in [0.2, 0.25) is 0 Å². The summed E-state index contributed by atoms with van der Waals surface area (Å²) in [5.41, 5.74) is 4.00. The molecule has 0 spiro atoms. The van der Waals surface area contributed by atoms with E-state index in [2.05, 4.69) is 24.3 Å². The molecular weight excluding hydrogens is 220 g/mol. The summed E-state index contributed by atoms with van der Waals surface area (Å²) in [5, 5.41) is 9.38. The zero-order chi connectivity index (χ0) is 12.4. The van der Waals surface area contributed by atoms with Gasteiger partial charge in [0.05, 0.1) is 0 Å². The summed E-state index contributed by atoms with van der Waals surface area (Å²) in [4.78, 5) is 0. The van der Waals surface area contributed by atoms with Gasteiger partial charge in [-0.2, -0.15) is 0 Å². The van der Waals surface area contributed by atoms with Crippen LogP contribution in [0.5, 0.6) is 5.75 Å². The smallest absolute Gasteiger partial charge is 0.115 e. The van der Waals surface area contributed by atoms with Gasteiger partial charge in [-0.05, 0) is 47.6 Å². The highest BCUT2D eigenvalue weighted by Gasteiger charge is 2.19. The highest BCUT2D eigenvalue weighted by Crippen LogP contribution is 2.39. The molecule has 0 saturated heterocycles.